The lowest BCUT2D eigenvalue weighted by molar-refractivity contribution is 0.0690. The predicted molar refractivity (Wildman–Crippen MR) is 78.8 cm³/mol. The zero-order chi connectivity index (χ0) is 16.1. The molecular weight excluding hydrogens is 286 g/mol. The highest BCUT2D eigenvalue weighted by Gasteiger charge is 2.18. The van der Waals surface area contributed by atoms with Crippen molar-refractivity contribution < 1.29 is 19.4 Å². The minimum absolute atomic E-state index is 0.0181. The van der Waals surface area contributed by atoms with Gasteiger partial charge in [-0.2, -0.15) is 0 Å². The number of benzene rings is 1. The van der Waals surface area contributed by atoms with E-state index in [9.17, 15) is 9.59 Å². The summed E-state index contributed by atoms with van der Waals surface area (Å²) in [5.41, 5.74) is 1.12. The first-order valence-corrected chi connectivity index (χ1v) is 6.51. The minimum atomic E-state index is -1.18. The third-order valence-electron chi connectivity index (χ3n) is 2.84. The highest BCUT2D eigenvalue weighted by molar-refractivity contribution is 5.88. The monoisotopic (exact) mass is 301 g/mol. The van der Waals surface area contributed by atoms with Gasteiger partial charge in [0.1, 0.15) is 6.61 Å². The van der Waals surface area contributed by atoms with Crippen LogP contribution in [0.1, 0.15) is 21.7 Å². The molecule has 1 N–H and O–H groups in total. The fourth-order valence-corrected chi connectivity index (χ4v) is 1.71. The second-order valence-electron chi connectivity index (χ2n) is 4.60. The molecule has 0 unspecified atom stereocenters. The van der Waals surface area contributed by atoms with Gasteiger partial charge in [-0.25, -0.2) is 24.5 Å². The van der Waals surface area contributed by atoms with Crippen molar-refractivity contribution in [1.29, 1.82) is 0 Å². The van der Waals surface area contributed by atoms with Crippen LogP contribution in [0.3, 0.4) is 0 Å². The van der Waals surface area contributed by atoms with E-state index in [-0.39, 0.29) is 18.2 Å². The van der Waals surface area contributed by atoms with E-state index in [0.717, 1.165) is 10.5 Å². The van der Waals surface area contributed by atoms with Gasteiger partial charge in [0, 0.05) is 12.7 Å². The van der Waals surface area contributed by atoms with Crippen LogP contribution in [0.15, 0.2) is 36.4 Å². The number of aromatic nitrogens is 2. The molecule has 1 aromatic carbocycles. The summed E-state index contributed by atoms with van der Waals surface area (Å²) in [5.74, 6) is -1.20. The lowest BCUT2D eigenvalue weighted by atomic mass is 10.2. The van der Waals surface area contributed by atoms with E-state index in [1.807, 2.05) is 30.3 Å². The fraction of sp³-hybridized carbons (Fsp3) is 0.200. The van der Waals surface area contributed by atoms with Crippen LogP contribution in [0.25, 0.3) is 0 Å². The number of hydrogen-bond acceptors (Lipinski definition) is 5. The number of amides is 1. The molecule has 0 saturated carbocycles. The van der Waals surface area contributed by atoms with E-state index < -0.39 is 12.1 Å². The standard InChI is InChI=1S/C15H15N3O4/c1-10-8-12(13(19)20)17-14(16-10)18(2)15(21)22-9-11-6-4-3-5-7-11/h3-8H,9H2,1-2H3,(H,19,20). The Balaban J connectivity index is 2.08. The summed E-state index contributed by atoms with van der Waals surface area (Å²) in [6.07, 6.45) is -0.661. The van der Waals surface area contributed by atoms with Gasteiger partial charge in [0.05, 0.1) is 0 Å². The normalized spacial score (nSPS) is 10.1. The molecule has 2 aromatic rings. The van der Waals surface area contributed by atoms with Gasteiger partial charge >= 0.3 is 12.1 Å². The van der Waals surface area contributed by atoms with E-state index in [0.29, 0.717) is 5.69 Å². The van der Waals surface area contributed by atoms with E-state index in [1.54, 1.807) is 6.92 Å². The molecule has 1 heterocycles. The Hall–Kier alpha value is -2.96. The smallest absolute Gasteiger partial charge is 0.416 e. The molecule has 0 aliphatic heterocycles. The van der Waals surface area contributed by atoms with Gasteiger partial charge < -0.3 is 9.84 Å². The van der Waals surface area contributed by atoms with Crippen LogP contribution < -0.4 is 4.90 Å². The van der Waals surface area contributed by atoms with E-state index in [1.165, 1.54) is 13.1 Å². The summed E-state index contributed by atoms with van der Waals surface area (Å²) in [6.45, 7) is 1.74. The quantitative estimate of drug-likeness (QED) is 0.931. The van der Waals surface area contributed by atoms with Crippen molar-refractivity contribution in [2.45, 2.75) is 13.5 Å². The third kappa shape index (κ3) is 3.78. The van der Waals surface area contributed by atoms with Gasteiger partial charge in [-0.3, -0.25) is 0 Å². The summed E-state index contributed by atoms with van der Waals surface area (Å²) in [7, 11) is 1.42. The Kier molecular flexibility index (Phi) is 4.67. The molecule has 114 valence electrons. The molecule has 7 nitrogen and oxygen atoms in total. The molecule has 0 atom stereocenters. The number of hydrogen-bond donors (Lipinski definition) is 1. The van der Waals surface area contributed by atoms with Gasteiger partial charge in [-0.1, -0.05) is 30.3 Å². The fourth-order valence-electron chi connectivity index (χ4n) is 1.71. The summed E-state index contributed by atoms with van der Waals surface area (Å²) in [4.78, 5) is 31.9. The van der Waals surface area contributed by atoms with E-state index in [2.05, 4.69) is 9.97 Å². The van der Waals surface area contributed by atoms with Crippen LogP contribution in [0.5, 0.6) is 0 Å². The maximum Gasteiger partial charge on any atom is 0.416 e. The molecule has 0 bridgehead atoms. The van der Waals surface area contributed by atoms with Crippen LogP contribution in [0, 0.1) is 6.92 Å². The first kappa shape index (κ1) is 15.4. The van der Waals surface area contributed by atoms with Gasteiger partial charge in [0.15, 0.2) is 5.69 Å². The number of carbonyl (C=O) groups excluding carboxylic acids is 1. The van der Waals surface area contributed by atoms with Crippen molar-refractivity contribution >= 4 is 18.0 Å². The Bertz CT molecular complexity index is 688. The van der Waals surface area contributed by atoms with Gasteiger partial charge in [-0.15, -0.1) is 0 Å². The molecule has 1 amide bonds. The Labute approximate surface area is 127 Å². The van der Waals surface area contributed by atoms with Gasteiger partial charge in [-0.05, 0) is 18.6 Å². The molecule has 0 radical (unpaired) electrons. The average Bonchev–Trinajstić information content (AvgIpc) is 2.52. The Morgan fingerprint density at radius 1 is 1.23 bits per heavy atom. The average molecular weight is 301 g/mol. The lowest BCUT2D eigenvalue weighted by Crippen LogP contribution is -2.29. The zero-order valence-electron chi connectivity index (χ0n) is 12.2. The number of anilines is 1. The topological polar surface area (TPSA) is 92.6 Å². The molecule has 22 heavy (non-hydrogen) atoms. The molecule has 0 spiro atoms. The molecule has 0 saturated heterocycles. The second-order valence-corrected chi connectivity index (χ2v) is 4.60. The third-order valence-corrected chi connectivity index (χ3v) is 2.84. The largest absolute Gasteiger partial charge is 0.477 e. The van der Waals surface area contributed by atoms with Crippen LogP contribution in [-0.4, -0.2) is 34.2 Å². The number of carboxylic acids is 1. The lowest BCUT2D eigenvalue weighted by Gasteiger charge is -2.16. The van der Waals surface area contributed by atoms with Crippen LogP contribution in [0.4, 0.5) is 10.7 Å². The van der Waals surface area contributed by atoms with Crippen molar-refractivity contribution in [1.82, 2.24) is 9.97 Å². The number of carbonyl (C=O) groups is 2. The number of nitrogens with zero attached hydrogens (tertiary/aromatic N) is 3. The van der Waals surface area contributed by atoms with E-state index in [4.69, 9.17) is 9.84 Å². The highest BCUT2D eigenvalue weighted by Crippen LogP contribution is 2.11. The van der Waals surface area contributed by atoms with E-state index >= 15 is 0 Å². The Morgan fingerprint density at radius 2 is 1.91 bits per heavy atom. The number of carboxylic acid groups (broad SMARTS) is 1. The molecular formula is C15H15N3O4. The SMILES string of the molecule is Cc1cc(C(=O)O)nc(N(C)C(=O)OCc2ccccc2)n1. The van der Waals surface area contributed by atoms with Crippen molar-refractivity contribution in [3.8, 4) is 0 Å². The summed E-state index contributed by atoms with van der Waals surface area (Å²) >= 11 is 0. The van der Waals surface area contributed by atoms with Crippen molar-refractivity contribution in [3.05, 3.63) is 53.3 Å². The summed E-state index contributed by atoms with van der Waals surface area (Å²) in [6, 6.07) is 10.5. The Morgan fingerprint density at radius 3 is 2.55 bits per heavy atom. The molecule has 2 rings (SSSR count). The number of ether oxygens (including phenoxy) is 1. The molecule has 0 fully saturated rings. The molecule has 0 aliphatic rings. The second kappa shape index (κ2) is 6.66. The van der Waals surface area contributed by atoms with Gasteiger partial charge in [0.25, 0.3) is 0 Å². The molecule has 1 aromatic heterocycles. The predicted octanol–water partition coefficient (Wildman–Crippen LogP) is 2.26. The van der Waals surface area contributed by atoms with Crippen LogP contribution >= 0.6 is 0 Å². The maximum atomic E-state index is 12.0. The van der Waals surface area contributed by atoms with Crippen molar-refractivity contribution in [2.75, 3.05) is 11.9 Å². The first-order chi connectivity index (χ1) is 10.5. The zero-order valence-corrected chi connectivity index (χ0v) is 12.2. The van der Waals surface area contributed by atoms with Crippen molar-refractivity contribution in [3.63, 3.8) is 0 Å². The minimum Gasteiger partial charge on any atom is -0.477 e. The van der Waals surface area contributed by atoms with Crippen molar-refractivity contribution in [2.24, 2.45) is 0 Å². The number of aryl methyl sites for hydroxylation is 1. The number of aromatic carboxylic acids is 1. The number of rotatable bonds is 4. The summed E-state index contributed by atoms with van der Waals surface area (Å²) in [5, 5.41) is 8.98. The first-order valence-electron chi connectivity index (χ1n) is 6.51. The van der Waals surface area contributed by atoms with Crippen LogP contribution in [-0.2, 0) is 11.3 Å². The summed E-state index contributed by atoms with van der Waals surface area (Å²) < 4.78 is 5.14. The molecule has 0 aliphatic carbocycles. The molecule has 7 heteroatoms. The van der Waals surface area contributed by atoms with Gasteiger partial charge in [0.2, 0.25) is 5.95 Å². The highest BCUT2D eigenvalue weighted by atomic mass is 16.6. The van der Waals surface area contributed by atoms with Crippen LogP contribution in [0.2, 0.25) is 0 Å². The maximum absolute atomic E-state index is 12.0.